The Bertz CT molecular complexity index is 855. The van der Waals surface area contributed by atoms with Crippen LogP contribution in [0, 0.1) is 5.92 Å². The van der Waals surface area contributed by atoms with Crippen molar-refractivity contribution < 1.29 is 9.21 Å². The van der Waals surface area contributed by atoms with Gasteiger partial charge in [0.25, 0.3) is 6.01 Å². The summed E-state index contributed by atoms with van der Waals surface area (Å²) in [5, 5.41) is 3.66. The number of oxazole rings is 1. The highest BCUT2D eigenvalue weighted by Gasteiger charge is 2.12. The lowest BCUT2D eigenvalue weighted by Crippen LogP contribution is -2.09. The third kappa shape index (κ3) is 3.54. The SMILES string of the molecule is CC(C)C(=O)Cc1ccc2nc(Nc3ccccc3Cl)oc2c1. The lowest BCUT2D eigenvalue weighted by atomic mass is 10.0. The molecule has 0 radical (unpaired) electrons. The molecule has 0 aliphatic rings. The molecule has 0 atom stereocenters. The number of rotatable bonds is 5. The highest BCUT2D eigenvalue weighted by Crippen LogP contribution is 2.27. The Kier molecular flexibility index (Phi) is 4.35. The van der Waals surface area contributed by atoms with E-state index in [0.717, 1.165) is 16.8 Å². The molecule has 4 nitrogen and oxygen atoms in total. The molecule has 0 saturated heterocycles. The van der Waals surface area contributed by atoms with Gasteiger partial charge in [-0.05, 0) is 29.8 Å². The Morgan fingerprint density at radius 3 is 2.78 bits per heavy atom. The highest BCUT2D eigenvalue weighted by atomic mass is 35.5. The van der Waals surface area contributed by atoms with Gasteiger partial charge < -0.3 is 9.73 Å². The van der Waals surface area contributed by atoms with Crippen LogP contribution in [0.4, 0.5) is 11.7 Å². The maximum absolute atomic E-state index is 11.9. The molecule has 0 spiro atoms. The maximum atomic E-state index is 11.9. The standard InChI is InChI=1S/C18H17ClN2O2/c1-11(2)16(22)9-12-7-8-15-17(10-12)23-18(21-15)20-14-6-4-3-5-13(14)19/h3-8,10-11H,9H2,1-2H3,(H,20,21). The van der Waals surface area contributed by atoms with Crippen molar-refractivity contribution in [3.05, 3.63) is 53.1 Å². The lowest BCUT2D eigenvalue weighted by molar-refractivity contribution is -0.121. The van der Waals surface area contributed by atoms with E-state index in [1.807, 2.05) is 50.2 Å². The van der Waals surface area contributed by atoms with E-state index in [2.05, 4.69) is 10.3 Å². The lowest BCUT2D eigenvalue weighted by Gasteiger charge is -2.03. The van der Waals surface area contributed by atoms with Crippen molar-refractivity contribution in [3.63, 3.8) is 0 Å². The normalized spacial score (nSPS) is 11.1. The van der Waals surface area contributed by atoms with E-state index in [1.54, 1.807) is 6.07 Å². The van der Waals surface area contributed by atoms with Crippen LogP contribution >= 0.6 is 11.6 Å². The van der Waals surface area contributed by atoms with Crippen LogP contribution in [-0.2, 0) is 11.2 Å². The monoisotopic (exact) mass is 328 g/mol. The second-order valence-corrected chi connectivity index (χ2v) is 6.13. The van der Waals surface area contributed by atoms with Crippen molar-refractivity contribution in [1.82, 2.24) is 4.98 Å². The van der Waals surface area contributed by atoms with Crippen molar-refractivity contribution in [3.8, 4) is 0 Å². The molecule has 5 heteroatoms. The largest absolute Gasteiger partial charge is 0.423 e. The number of Topliss-reactive ketones (excluding diaryl/α,β-unsaturated/α-hetero) is 1. The molecular weight excluding hydrogens is 312 g/mol. The van der Waals surface area contributed by atoms with E-state index in [-0.39, 0.29) is 11.7 Å². The van der Waals surface area contributed by atoms with E-state index in [1.165, 1.54) is 0 Å². The molecule has 0 saturated carbocycles. The first-order valence-electron chi connectivity index (χ1n) is 7.46. The minimum absolute atomic E-state index is 0.0258. The molecule has 0 unspecified atom stereocenters. The van der Waals surface area contributed by atoms with E-state index in [4.69, 9.17) is 16.0 Å². The van der Waals surface area contributed by atoms with Gasteiger partial charge in [0, 0.05) is 12.3 Å². The molecule has 1 N–H and O–H groups in total. The average molecular weight is 329 g/mol. The van der Waals surface area contributed by atoms with E-state index >= 15 is 0 Å². The van der Waals surface area contributed by atoms with E-state index in [0.29, 0.717) is 23.0 Å². The molecular formula is C18H17ClN2O2. The molecule has 1 aromatic heterocycles. The van der Waals surface area contributed by atoms with Crippen LogP contribution in [0.2, 0.25) is 5.02 Å². The molecule has 0 aliphatic carbocycles. The number of nitrogens with one attached hydrogen (secondary N) is 1. The Labute approximate surface area is 139 Å². The summed E-state index contributed by atoms with van der Waals surface area (Å²) in [6.07, 6.45) is 0.404. The molecule has 118 valence electrons. The summed E-state index contributed by atoms with van der Waals surface area (Å²) in [4.78, 5) is 16.2. The number of carbonyl (C=O) groups excluding carboxylic acids is 1. The summed E-state index contributed by atoms with van der Waals surface area (Å²) in [6.45, 7) is 3.81. The number of fused-ring (bicyclic) bond motifs is 1. The molecule has 0 bridgehead atoms. The van der Waals surface area contributed by atoms with Gasteiger partial charge >= 0.3 is 0 Å². The van der Waals surface area contributed by atoms with Crippen LogP contribution in [-0.4, -0.2) is 10.8 Å². The van der Waals surface area contributed by atoms with Gasteiger partial charge in [0.2, 0.25) is 0 Å². The molecule has 2 aromatic carbocycles. The first kappa shape index (κ1) is 15.6. The number of ketones is 1. The summed E-state index contributed by atoms with van der Waals surface area (Å²) in [6, 6.07) is 13.4. The number of nitrogens with zero attached hydrogens (tertiary/aromatic N) is 1. The topological polar surface area (TPSA) is 55.1 Å². The first-order chi connectivity index (χ1) is 11.0. The van der Waals surface area contributed by atoms with Crippen molar-refractivity contribution in [2.24, 2.45) is 5.92 Å². The summed E-state index contributed by atoms with van der Waals surface area (Å²) in [5.74, 6) is 0.233. The quantitative estimate of drug-likeness (QED) is 0.716. The summed E-state index contributed by atoms with van der Waals surface area (Å²) >= 11 is 6.12. The number of hydrogen-bond acceptors (Lipinski definition) is 4. The van der Waals surface area contributed by atoms with Gasteiger partial charge in [0.15, 0.2) is 5.58 Å². The smallest absolute Gasteiger partial charge is 0.300 e. The maximum Gasteiger partial charge on any atom is 0.300 e. The third-order valence-corrected chi connectivity index (χ3v) is 3.92. The molecule has 23 heavy (non-hydrogen) atoms. The second kappa shape index (κ2) is 6.42. The third-order valence-electron chi connectivity index (χ3n) is 3.59. The molecule has 0 fully saturated rings. The fourth-order valence-electron chi connectivity index (χ4n) is 2.22. The average Bonchev–Trinajstić information content (AvgIpc) is 2.91. The van der Waals surface area contributed by atoms with Gasteiger partial charge in [-0.1, -0.05) is 43.6 Å². The van der Waals surface area contributed by atoms with Crippen LogP contribution < -0.4 is 5.32 Å². The Hall–Kier alpha value is -2.33. The van der Waals surface area contributed by atoms with Gasteiger partial charge in [-0.3, -0.25) is 4.79 Å². The van der Waals surface area contributed by atoms with Gasteiger partial charge in [0.05, 0.1) is 10.7 Å². The Balaban J connectivity index is 1.85. The zero-order valence-corrected chi connectivity index (χ0v) is 13.7. The van der Waals surface area contributed by atoms with E-state index in [9.17, 15) is 4.79 Å². The summed E-state index contributed by atoms with van der Waals surface area (Å²) < 4.78 is 5.72. The van der Waals surface area contributed by atoms with Gasteiger partial charge in [0.1, 0.15) is 11.3 Å². The fourth-order valence-corrected chi connectivity index (χ4v) is 2.40. The number of aromatic nitrogens is 1. The van der Waals surface area contributed by atoms with Gasteiger partial charge in [-0.2, -0.15) is 4.98 Å². The predicted octanol–water partition coefficient (Wildman–Crippen LogP) is 4.99. The molecule has 3 aromatic rings. The number of halogens is 1. The zero-order valence-electron chi connectivity index (χ0n) is 13.0. The Morgan fingerprint density at radius 1 is 1.26 bits per heavy atom. The number of anilines is 2. The Morgan fingerprint density at radius 2 is 2.04 bits per heavy atom. The van der Waals surface area contributed by atoms with Gasteiger partial charge in [-0.25, -0.2) is 0 Å². The first-order valence-corrected chi connectivity index (χ1v) is 7.84. The van der Waals surface area contributed by atoms with Crippen LogP contribution in [0.15, 0.2) is 46.9 Å². The van der Waals surface area contributed by atoms with Crippen molar-refractivity contribution in [2.75, 3.05) is 5.32 Å². The number of benzene rings is 2. The fraction of sp³-hybridized carbons (Fsp3) is 0.222. The zero-order chi connectivity index (χ0) is 16.4. The number of carbonyl (C=O) groups is 1. The highest BCUT2D eigenvalue weighted by molar-refractivity contribution is 6.33. The number of para-hydroxylation sites is 1. The van der Waals surface area contributed by atoms with Crippen molar-refractivity contribution >= 4 is 40.2 Å². The van der Waals surface area contributed by atoms with Crippen LogP contribution in [0.5, 0.6) is 0 Å². The summed E-state index contributed by atoms with van der Waals surface area (Å²) in [7, 11) is 0. The summed E-state index contributed by atoms with van der Waals surface area (Å²) in [5.41, 5.74) is 3.04. The molecule has 3 rings (SSSR count). The van der Waals surface area contributed by atoms with Crippen LogP contribution in [0.1, 0.15) is 19.4 Å². The van der Waals surface area contributed by atoms with E-state index < -0.39 is 0 Å². The molecule has 1 heterocycles. The second-order valence-electron chi connectivity index (χ2n) is 5.72. The van der Waals surface area contributed by atoms with Crippen molar-refractivity contribution in [2.45, 2.75) is 20.3 Å². The van der Waals surface area contributed by atoms with Crippen molar-refractivity contribution in [1.29, 1.82) is 0 Å². The minimum atomic E-state index is 0.0258. The number of hydrogen-bond donors (Lipinski definition) is 1. The van der Waals surface area contributed by atoms with Crippen LogP contribution in [0.3, 0.4) is 0 Å². The minimum Gasteiger partial charge on any atom is -0.423 e. The predicted molar refractivity (Wildman–Crippen MR) is 92.3 cm³/mol. The van der Waals surface area contributed by atoms with Crippen LogP contribution in [0.25, 0.3) is 11.1 Å². The molecule has 0 aliphatic heterocycles. The van der Waals surface area contributed by atoms with Gasteiger partial charge in [-0.15, -0.1) is 0 Å². The molecule has 0 amide bonds.